The van der Waals surface area contributed by atoms with Gasteiger partial charge in [-0.15, -0.1) is 23.9 Å². The highest BCUT2D eigenvalue weighted by Gasteiger charge is 2.54. The highest BCUT2D eigenvalue weighted by Crippen LogP contribution is 2.59. The molecular weight excluding hydrogens is 332 g/mol. The van der Waals surface area contributed by atoms with E-state index < -0.39 is 0 Å². The first kappa shape index (κ1) is 16.9. The van der Waals surface area contributed by atoms with Gasteiger partial charge in [-0.25, -0.2) is 0 Å². The van der Waals surface area contributed by atoms with E-state index in [4.69, 9.17) is 27.5 Å². The van der Waals surface area contributed by atoms with Crippen molar-refractivity contribution in [2.45, 2.75) is 62.8 Å². The second kappa shape index (κ2) is 5.71. The maximum absolute atomic E-state index is 6.46. The molecule has 0 N–H and O–H groups in total. The predicted octanol–water partition coefficient (Wildman–Crippen LogP) is 4.94. The summed E-state index contributed by atoms with van der Waals surface area (Å²) in [5.74, 6) is 4.67. The highest BCUT2D eigenvalue weighted by atomic mass is 35.5. The van der Waals surface area contributed by atoms with Crippen LogP contribution >= 0.6 is 11.6 Å². The molecule has 0 amide bonds. The van der Waals surface area contributed by atoms with Gasteiger partial charge in [0.2, 0.25) is 0 Å². The molecule has 1 aromatic rings. The molecule has 0 fully saturated rings. The number of terminal acetylenes is 1. The van der Waals surface area contributed by atoms with Crippen LogP contribution in [-0.4, -0.2) is 18.6 Å². The molecule has 1 aliphatic heterocycles. The predicted molar refractivity (Wildman–Crippen MR) is 102 cm³/mol. The summed E-state index contributed by atoms with van der Waals surface area (Å²) in [7, 11) is 1.72. The third-order valence-electron chi connectivity index (χ3n) is 6.41. The number of allylic oxidation sites excluding steroid dienone is 1. The average Bonchev–Trinajstić information content (AvgIpc) is 2.83. The van der Waals surface area contributed by atoms with E-state index in [9.17, 15) is 0 Å². The van der Waals surface area contributed by atoms with Crippen molar-refractivity contribution in [1.29, 1.82) is 0 Å². The Morgan fingerprint density at radius 3 is 2.96 bits per heavy atom. The molecule has 2 nitrogen and oxygen atoms in total. The summed E-state index contributed by atoms with van der Waals surface area (Å²) in [6.45, 7) is 4.50. The van der Waals surface area contributed by atoms with Crippen LogP contribution in [0.5, 0.6) is 11.5 Å². The number of benzene rings is 1. The summed E-state index contributed by atoms with van der Waals surface area (Å²) in [6.07, 6.45) is 15.0. The van der Waals surface area contributed by atoms with Crippen LogP contribution in [0.15, 0.2) is 18.2 Å². The van der Waals surface area contributed by atoms with E-state index in [1.807, 2.05) is 0 Å². The molecule has 3 aliphatic rings. The standard InChI is InChI=1S/C22H25ClO2/c1-5-7-21(3)9-10-22-8-6-15(23)12-18(22)25-20-17(24-4)11-14(2)16(13-21)19(20)22/h1,6,8,11,15,18H,7,9-10,12-13H2,2-4H3/t15-,18?,21?,22?/m0/s1. The zero-order valence-corrected chi connectivity index (χ0v) is 16.0. The molecule has 25 heavy (non-hydrogen) atoms. The maximum Gasteiger partial charge on any atom is 0.166 e. The van der Waals surface area contributed by atoms with Crippen LogP contribution < -0.4 is 9.47 Å². The van der Waals surface area contributed by atoms with Gasteiger partial charge in [-0.05, 0) is 48.8 Å². The fourth-order valence-electron chi connectivity index (χ4n) is 5.00. The molecule has 0 bridgehead atoms. The van der Waals surface area contributed by atoms with Gasteiger partial charge in [0.15, 0.2) is 11.5 Å². The summed E-state index contributed by atoms with van der Waals surface area (Å²) >= 11 is 6.43. The average molecular weight is 357 g/mol. The van der Waals surface area contributed by atoms with Crippen molar-refractivity contribution in [2.75, 3.05) is 7.11 Å². The first-order chi connectivity index (χ1) is 11.9. The molecule has 2 aliphatic carbocycles. The lowest BCUT2D eigenvalue weighted by atomic mass is 9.68. The van der Waals surface area contributed by atoms with Crippen LogP contribution in [-0.2, 0) is 11.8 Å². The molecular formula is C22H25ClO2. The zero-order chi connectivity index (χ0) is 17.8. The Balaban J connectivity index is 1.97. The summed E-state index contributed by atoms with van der Waals surface area (Å²) in [5, 5.41) is 0.0285. The fraction of sp³-hybridized carbons (Fsp3) is 0.545. The first-order valence-corrected chi connectivity index (χ1v) is 9.50. The molecule has 1 heterocycles. The minimum atomic E-state index is -0.0955. The van der Waals surface area contributed by atoms with Crippen molar-refractivity contribution in [3.63, 3.8) is 0 Å². The Hall–Kier alpha value is -1.59. The maximum atomic E-state index is 6.46. The molecule has 0 radical (unpaired) electrons. The Labute approximate surface area is 155 Å². The van der Waals surface area contributed by atoms with Crippen molar-refractivity contribution in [1.82, 2.24) is 0 Å². The van der Waals surface area contributed by atoms with Gasteiger partial charge < -0.3 is 9.47 Å². The number of ether oxygens (including phenoxy) is 2. The van der Waals surface area contributed by atoms with Crippen molar-refractivity contribution in [3.8, 4) is 23.8 Å². The molecule has 3 heteroatoms. The Morgan fingerprint density at radius 1 is 1.44 bits per heavy atom. The summed E-state index contributed by atoms with van der Waals surface area (Å²) in [5.41, 5.74) is 4.02. The van der Waals surface area contributed by atoms with Crippen LogP contribution in [0.1, 0.15) is 49.3 Å². The fourth-order valence-corrected chi connectivity index (χ4v) is 5.24. The minimum absolute atomic E-state index is 0.0285. The highest BCUT2D eigenvalue weighted by molar-refractivity contribution is 6.21. The van der Waals surface area contributed by atoms with E-state index in [0.717, 1.165) is 43.6 Å². The van der Waals surface area contributed by atoms with E-state index in [1.165, 1.54) is 16.7 Å². The summed E-state index contributed by atoms with van der Waals surface area (Å²) in [4.78, 5) is 0. The number of methoxy groups -OCH3 is 1. The number of aryl methyl sites for hydroxylation is 1. The Bertz CT molecular complexity index is 790. The van der Waals surface area contributed by atoms with Gasteiger partial charge in [0.05, 0.1) is 17.9 Å². The molecule has 1 aromatic carbocycles. The molecule has 0 saturated heterocycles. The van der Waals surface area contributed by atoms with Crippen LogP contribution in [0.3, 0.4) is 0 Å². The number of alkyl halides is 1. The largest absolute Gasteiger partial charge is 0.493 e. The topological polar surface area (TPSA) is 18.5 Å². The third kappa shape index (κ3) is 2.40. The molecule has 4 rings (SSSR count). The number of halogens is 1. The molecule has 0 aromatic heterocycles. The SMILES string of the molecule is C#CCC1(C)CCC23C=C[C@H](Cl)CC2Oc2c(OC)cc(C)c(c23)C1. The van der Waals surface area contributed by atoms with E-state index in [1.54, 1.807) is 7.11 Å². The first-order valence-electron chi connectivity index (χ1n) is 9.07. The normalized spacial score (nSPS) is 35.2. The lowest BCUT2D eigenvalue weighted by molar-refractivity contribution is 0.137. The van der Waals surface area contributed by atoms with E-state index in [0.29, 0.717) is 0 Å². The Kier molecular flexibility index (Phi) is 3.85. The van der Waals surface area contributed by atoms with Gasteiger partial charge in [-0.3, -0.25) is 0 Å². The molecule has 4 atom stereocenters. The number of hydrogen-bond donors (Lipinski definition) is 0. The van der Waals surface area contributed by atoms with Crippen molar-refractivity contribution < 1.29 is 9.47 Å². The molecule has 3 unspecified atom stereocenters. The van der Waals surface area contributed by atoms with E-state index in [2.05, 4.69) is 38.0 Å². The second-order valence-electron chi connectivity index (χ2n) is 8.20. The van der Waals surface area contributed by atoms with E-state index >= 15 is 0 Å². The smallest absolute Gasteiger partial charge is 0.166 e. The monoisotopic (exact) mass is 356 g/mol. The second-order valence-corrected chi connectivity index (χ2v) is 8.76. The van der Waals surface area contributed by atoms with Crippen LogP contribution in [0.25, 0.3) is 0 Å². The van der Waals surface area contributed by atoms with Crippen molar-refractivity contribution in [3.05, 3.63) is 34.9 Å². The van der Waals surface area contributed by atoms with Crippen molar-refractivity contribution >= 4 is 11.6 Å². The van der Waals surface area contributed by atoms with Crippen LogP contribution in [0.4, 0.5) is 0 Å². The van der Waals surface area contributed by atoms with Crippen LogP contribution in [0.2, 0.25) is 0 Å². The van der Waals surface area contributed by atoms with Gasteiger partial charge in [0.1, 0.15) is 6.10 Å². The summed E-state index contributed by atoms with van der Waals surface area (Å²) < 4.78 is 12.1. The molecule has 1 spiro atoms. The van der Waals surface area contributed by atoms with Gasteiger partial charge in [-0.2, -0.15) is 0 Å². The lowest BCUT2D eigenvalue weighted by Crippen LogP contribution is -2.41. The van der Waals surface area contributed by atoms with Gasteiger partial charge in [0, 0.05) is 18.4 Å². The van der Waals surface area contributed by atoms with Gasteiger partial charge in [0.25, 0.3) is 0 Å². The molecule has 0 saturated carbocycles. The summed E-state index contributed by atoms with van der Waals surface area (Å²) in [6, 6.07) is 2.11. The zero-order valence-electron chi connectivity index (χ0n) is 15.2. The van der Waals surface area contributed by atoms with Gasteiger partial charge >= 0.3 is 0 Å². The number of rotatable bonds is 2. The minimum Gasteiger partial charge on any atom is -0.493 e. The van der Waals surface area contributed by atoms with E-state index in [-0.39, 0.29) is 22.3 Å². The lowest BCUT2D eigenvalue weighted by Gasteiger charge is -2.36. The Morgan fingerprint density at radius 2 is 2.24 bits per heavy atom. The third-order valence-corrected chi connectivity index (χ3v) is 6.74. The van der Waals surface area contributed by atoms with Crippen LogP contribution in [0, 0.1) is 24.7 Å². The quantitative estimate of drug-likeness (QED) is 0.424. The van der Waals surface area contributed by atoms with Gasteiger partial charge in [-0.1, -0.05) is 19.1 Å². The molecule has 132 valence electrons. The van der Waals surface area contributed by atoms with Crippen molar-refractivity contribution in [2.24, 2.45) is 5.41 Å². The number of hydrogen-bond acceptors (Lipinski definition) is 2.